The third kappa shape index (κ3) is 4.55. The third-order valence-corrected chi connectivity index (χ3v) is 3.94. The molecule has 0 aliphatic rings. The molecule has 0 bridgehead atoms. The summed E-state index contributed by atoms with van der Waals surface area (Å²) < 4.78 is 11.4. The van der Waals surface area contributed by atoms with Crippen molar-refractivity contribution in [2.24, 2.45) is 5.73 Å². The lowest BCUT2D eigenvalue weighted by molar-refractivity contribution is 0.676. The summed E-state index contributed by atoms with van der Waals surface area (Å²) in [6.45, 7) is 1.89. The van der Waals surface area contributed by atoms with Gasteiger partial charge >= 0.3 is 0 Å². The van der Waals surface area contributed by atoms with E-state index in [1.54, 1.807) is 11.3 Å². The lowest BCUT2D eigenvalue weighted by Crippen LogP contribution is -2.24. The summed E-state index contributed by atoms with van der Waals surface area (Å²) in [6.07, 6.45) is 0.906. The fraction of sp³-hybridized carbons (Fsp3) is 0.556. The van der Waals surface area contributed by atoms with Crippen molar-refractivity contribution in [2.75, 3.05) is 11.5 Å². The molecular weight excluding hydrogens is 202 g/mol. The lowest BCUT2D eigenvalue weighted by atomic mass is 10.3. The highest BCUT2D eigenvalue weighted by Crippen LogP contribution is 2.07. The van der Waals surface area contributed by atoms with Crippen LogP contribution in [0.25, 0.3) is 0 Å². The van der Waals surface area contributed by atoms with Gasteiger partial charge in [0.1, 0.15) is 0 Å². The maximum Gasteiger partial charge on any atom is 0.0384 e. The Morgan fingerprint density at radius 3 is 3.00 bits per heavy atom. The van der Waals surface area contributed by atoms with E-state index in [0.29, 0.717) is 5.75 Å². The number of nitrogens with two attached hydrogens (primary N) is 1. The van der Waals surface area contributed by atoms with Gasteiger partial charge in [-0.3, -0.25) is 4.21 Å². The second-order valence-corrected chi connectivity index (χ2v) is 5.57. The summed E-state index contributed by atoms with van der Waals surface area (Å²) >= 11 is 1.68. The number of hydrogen-bond donors (Lipinski definition) is 1. The maximum atomic E-state index is 11.4. The average molecular weight is 217 g/mol. The van der Waals surface area contributed by atoms with Crippen LogP contribution < -0.4 is 5.73 Å². The standard InChI is InChI=1S/C9H15NOS2/c1-8(10)7-13(11)5-3-9-2-4-12-6-9/h2,4,6,8H,3,5,7,10H2,1H3. The Kier molecular flexibility index (Phi) is 4.62. The predicted molar refractivity (Wildman–Crippen MR) is 59.5 cm³/mol. The Morgan fingerprint density at radius 2 is 2.46 bits per heavy atom. The quantitative estimate of drug-likeness (QED) is 0.810. The fourth-order valence-electron chi connectivity index (χ4n) is 1.04. The van der Waals surface area contributed by atoms with Gasteiger partial charge in [0, 0.05) is 28.3 Å². The van der Waals surface area contributed by atoms with Crippen molar-refractivity contribution in [2.45, 2.75) is 19.4 Å². The van der Waals surface area contributed by atoms with E-state index < -0.39 is 10.8 Å². The molecule has 4 heteroatoms. The first-order valence-electron chi connectivity index (χ1n) is 4.30. The zero-order valence-electron chi connectivity index (χ0n) is 7.73. The first-order valence-corrected chi connectivity index (χ1v) is 6.73. The molecule has 2 nitrogen and oxygen atoms in total. The van der Waals surface area contributed by atoms with E-state index in [0.717, 1.165) is 12.2 Å². The number of rotatable bonds is 5. The number of hydrogen-bond acceptors (Lipinski definition) is 3. The summed E-state index contributed by atoms with van der Waals surface area (Å²) in [6, 6.07) is 2.12. The van der Waals surface area contributed by atoms with Crippen molar-refractivity contribution < 1.29 is 4.21 Å². The van der Waals surface area contributed by atoms with Crippen LogP contribution in [-0.2, 0) is 17.2 Å². The van der Waals surface area contributed by atoms with Gasteiger partial charge in [-0.05, 0) is 35.7 Å². The van der Waals surface area contributed by atoms with Crippen LogP contribution in [0.4, 0.5) is 0 Å². The van der Waals surface area contributed by atoms with Crippen molar-refractivity contribution in [3.8, 4) is 0 Å². The molecule has 0 amide bonds. The molecule has 0 aromatic carbocycles. The molecule has 0 fully saturated rings. The normalized spacial score (nSPS) is 15.5. The molecule has 2 atom stereocenters. The van der Waals surface area contributed by atoms with Crippen LogP contribution in [0, 0.1) is 0 Å². The fourth-order valence-corrected chi connectivity index (χ4v) is 2.96. The van der Waals surface area contributed by atoms with Crippen LogP contribution >= 0.6 is 11.3 Å². The summed E-state index contributed by atoms with van der Waals surface area (Å²) in [5, 5.41) is 4.15. The molecule has 1 aromatic rings. The molecule has 0 saturated carbocycles. The highest BCUT2D eigenvalue weighted by Gasteiger charge is 2.03. The molecule has 1 aromatic heterocycles. The molecule has 2 N–H and O–H groups in total. The van der Waals surface area contributed by atoms with Gasteiger partial charge in [0.25, 0.3) is 0 Å². The van der Waals surface area contributed by atoms with Crippen LogP contribution in [0.15, 0.2) is 16.8 Å². The van der Waals surface area contributed by atoms with Crippen LogP contribution in [0.1, 0.15) is 12.5 Å². The van der Waals surface area contributed by atoms with Crippen LogP contribution in [0.3, 0.4) is 0 Å². The van der Waals surface area contributed by atoms with E-state index in [4.69, 9.17) is 5.73 Å². The largest absolute Gasteiger partial charge is 0.327 e. The first kappa shape index (κ1) is 10.9. The van der Waals surface area contributed by atoms with Gasteiger partial charge < -0.3 is 5.73 Å². The summed E-state index contributed by atoms with van der Waals surface area (Å²) in [4.78, 5) is 0. The van der Waals surface area contributed by atoms with E-state index >= 15 is 0 Å². The van der Waals surface area contributed by atoms with Crippen LogP contribution in [-0.4, -0.2) is 21.8 Å². The molecule has 13 heavy (non-hydrogen) atoms. The second kappa shape index (κ2) is 5.52. The van der Waals surface area contributed by atoms with Crippen molar-refractivity contribution in [1.29, 1.82) is 0 Å². The highest BCUT2D eigenvalue weighted by molar-refractivity contribution is 7.85. The molecular formula is C9H15NOS2. The molecule has 0 spiro atoms. The summed E-state index contributed by atoms with van der Waals surface area (Å²) in [5.41, 5.74) is 6.83. The van der Waals surface area contributed by atoms with E-state index in [9.17, 15) is 4.21 Å². The Labute approximate surface area is 85.6 Å². The number of thiophene rings is 1. The zero-order chi connectivity index (χ0) is 9.68. The van der Waals surface area contributed by atoms with Gasteiger partial charge in [0.2, 0.25) is 0 Å². The van der Waals surface area contributed by atoms with Crippen molar-refractivity contribution >= 4 is 22.1 Å². The molecule has 1 rings (SSSR count). The monoisotopic (exact) mass is 217 g/mol. The van der Waals surface area contributed by atoms with Crippen LogP contribution in [0.2, 0.25) is 0 Å². The predicted octanol–water partition coefficient (Wildman–Crippen LogP) is 1.39. The van der Waals surface area contributed by atoms with Crippen molar-refractivity contribution in [1.82, 2.24) is 0 Å². The van der Waals surface area contributed by atoms with Gasteiger partial charge in [0.05, 0.1) is 0 Å². The van der Waals surface area contributed by atoms with E-state index in [-0.39, 0.29) is 6.04 Å². The van der Waals surface area contributed by atoms with E-state index in [1.807, 2.05) is 12.3 Å². The molecule has 2 unspecified atom stereocenters. The molecule has 0 saturated heterocycles. The van der Waals surface area contributed by atoms with Gasteiger partial charge in [-0.25, -0.2) is 0 Å². The molecule has 0 radical (unpaired) electrons. The van der Waals surface area contributed by atoms with Crippen molar-refractivity contribution in [3.05, 3.63) is 22.4 Å². The SMILES string of the molecule is CC(N)CS(=O)CCc1ccsc1. The van der Waals surface area contributed by atoms with E-state index in [1.165, 1.54) is 5.56 Å². The Balaban J connectivity index is 2.23. The highest BCUT2D eigenvalue weighted by atomic mass is 32.2. The van der Waals surface area contributed by atoms with Crippen LogP contribution in [0.5, 0.6) is 0 Å². The number of aryl methyl sites for hydroxylation is 1. The second-order valence-electron chi connectivity index (χ2n) is 3.17. The van der Waals surface area contributed by atoms with Gasteiger partial charge in [-0.2, -0.15) is 11.3 Å². The minimum absolute atomic E-state index is 0.0447. The topological polar surface area (TPSA) is 43.1 Å². The third-order valence-electron chi connectivity index (χ3n) is 1.65. The summed E-state index contributed by atoms with van der Waals surface area (Å²) in [7, 11) is -0.755. The van der Waals surface area contributed by atoms with Crippen molar-refractivity contribution in [3.63, 3.8) is 0 Å². The minimum Gasteiger partial charge on any atom is -0.327 e. The maximum absolute atomic E-state index is 11.4. The van der Waals surface area contributed by atoms with Gasteiger partial charge in [-0.1, -0.05) is 0 Å². The van der Waals surface area contributed by atoms with Gasteiger partial charge in [-0.15, -0.1) is 0 Å². The average Bonchev–Trinajstić information content (AvgIpc) is 2.51. The summed E-state index contributed by atoms with van der Waals surface area (Å²) in [5.74, 6) is 1.35. The molecule has 1 heterocycles. The smallest absolute Gasteiger partial charge is 0.0384 e. The molecule has 0 aliphatic carbocycles. The first-order chi connectivity index (χ1) is 6.18. The Morgan fingerprint density at radius 1 is 1.69 bits per heavy atom. The zero-order valence-corrected chi connectivity index (χ0v) is 9.37. The lowest BCUT2D eigenvalue weighted by Gasteiger charge is -2.03. The van der Waals surface area contributed by atoms with Gasteiger partial charge in [0.15, 0.2) is 0 Å². The molecule has 74 valence electrons. The minimum atomic E-state index is -0.755. The Bertz CT molecular complexity index is 257. The Hall–Kier alpha value is -0.190. The van der Waals surface area contributed by atoms with E-state index in [2.05, 4.69) is 11.4 Å². The molecule has 0 aliphatic heterocycles.